The molecule has 2 heterocycles. The van der Waals surface area contributed by atoms with Crippen LogP contribution in [-0.2, 0) is 6.54 Å². The Kier molecular flexibility index (Phi) is 5.27. The van der Waals surface area contributed by atoms with Gasteiger partial charge in [-0.25, -0.2) is 9.97 Å². The van der Waals surface area contributed by atoms with Crippen LogP contribution in [0.25, 0.3) is 10.3 Å². The molecule has 2 aromatic carbocycles. The van der Waals surface area contributed by atoms with Gasteiger partial charge in [0.25, 0.3) is 0 Å². The molecule has 0 aliphatic carbocycles. The first-order valence-electron chi connectivity index (χ1n) is 8.92. The summed E-state index contributed by atoms with van der Waals surface area (Å²) in [6.07, 6.45) is 1.76. The van der Waals surface area contributed by atoms with Gasteiger partial charge in [0.05, 0.1) is 38.1 Å². The van der Waals surface area contributed by atoms with E-state index in [2.05, 4.69) is 11.1 Å². The molecule has 6 nitrogen and oxygen atoms in total. The maximum atomic E-state index is 9.52. The number of fused-ring (bicyclic) bond motifs is 1. The largest absolute Gasteiger partial charge is 0.497 e. The van der Waals surface area contributed by atoms with Crippen LogP contribution < -0.4 is 14.4 Å². The summed E-state index contributed by atoms with van der Waals surface area (Å²) < 4.78 is 11.0. The van der Waals surface area contributed by atoms with Gasteiger partial charge in [-0.05, 0) is 35.9 Å². The Balaban J connectivity index is 1.86. The van der Waals surface area contributed by atoms with E-state index in [9.17, 15) is 5.26 Å². The summed E-state index contributed by atoms with van der Waals surface area (Å²) in [5.74, 6) is 1.36. The van der Waals surface area contributed by atoms with Gasteiger partial charge in [0, 0.05) is 12.3 Å². The first-order valence-corrected chi connectivity index (χ1v) is 9.74. The number of rotatable bonds is 6. The van der Waals surface area contributed by atoms with Gasteiger partial charge >= 0.3 is 0 Å². The Morgan fingerprint density at radius 1 is 1.07 bits per heavy atom. The van der Waals surface area contributed by atoms with Gasteiger partial charge in [0.15, 0.2) is 5.13 Å². The molecule has 0 aliphatic rings. The van der Waals surface area contributed by atoms with Crippen molar-refractivity contribution in [1.29, 1.82) is 5.26 Å². The lowest BCUT2D eigenvalue weighted by Gasteiger charge is -2.24. The molecule has 0 N–H and O–H groups in total. The highest BCUT2D eigenvalue weighted by atomic mass is 32.1. The van der Waals surface area contributed by atoms with Crippen LogP contribution in [0.5, 0.6) is 11.5 Å². The topological polar surface area (TPSA) is 71.3 Å². The number of methoxy groups -OCH3 is 2. The zero-order chi connectivity index (χ0) is 20.2. The van der Waals surface area contributed by atoms with Crippen LogP contribution in [0.3, 0.4) is 0 Å². The third-order valence-corrected chi connectivity index (χ3v) is 5.53. The summed E-state index contributed by atoms with van der Waals surface area (Å²) in [5, 5.41) is 10.3. The van der Waals surface area contributed by atoms with Crippen LogP contribution >= 0.6 is 11.3 Å². The lowest BCUT2D eigenvalue weighted by atomic mass is 10.1. The molecule has 29 heavy (non-hydrogen) atoms. The SMILES string of the molecule is COc1ccc(N(Cc2ccccc2C#N)c2nc3cccnc3s2)c(OC)c1. The average molecular weight is 402 g/mol. The lowest BCUT2D eigenvalue weighted by molar-refractivity contribution is 0.394. The number of ether oxygens (including phenoxy) is 2. The highest BCUT2D eigenvalue weighted by molar-refractivity contribution is 7.21. The van der Waals surface area contributed by atoms with Crippen molar-refractivity contribution in [2.45, 2.75) is 6.54 Å². The predicted octanol–water partition coefficient (Wildman–Crippen LogP) is 4.92. The molecule has 4 rings (SSSR count). The Morgan fingerprint density at radius 2 is 1.93 bits per heavy atom. The quantitative estimate of drug-likeness (QED) is 0.456. The molecule has 144 valence electrons. The van der Waals surface area contributed by atoms with E-state index in [1.807, 2.05) is 59.5 Å². The smallest absolute Gasteiger partial charge is 0.192 e. The first-order chi connectivity index (χ1) is 14.2. The second-order valence-corrected chi connectivity index (χ2v) is 7.17. The lowest BCUT2D eigenvalue weighted by Crippen LogP contribution is -2.18. The number of nitrogens with zero attached hydrogens (tertiary/aromatic N) is 4. The molecule has 0 unspecified atom stereocenters. The van der Waals surface area contributed by atoms with Crippen LogP contribution in [-0.4, -0.2) is 24.2 Å². The van der Waals surface area contributed by atoms with E-state index in [1.165, 1.54) is 11.3 Å². The van der Waals surface area contributed by atoms with Crippen molar-refractivity contribution < 1.29 is 9.47 Å². The minimum Gasteiger partial charge on any atom is -0.497 e. The Morgan fingerprint density at radius 3 is 2.69 bits per heavy atom. The first kappa shape index (κ1) is 18.7. The summed E-state index contributed by atoms with van der Waals surface area (Å²) in [7, 11) is 3.24. The highest BCUT2D eigenvalue weighted by Gasteiger charge is 2.20. The predicted molar refractivity (Wildman–Crippen MR) is 114 cm³/mol. The molecule has 0 spiro atoms. The molecule has 0 amide bonds. The average Bonchev–Trinajstić information content (AvgIpc) is 3.21. The molecule has 0 bridgehead atoms. The second kappa shape index (κ2) is 8.17. The van der Waals surface area contributed by atoms with E-state index < -0.39 is 0 Å². The number of benzene rings is 2. The molecule has 2 aromatic heterocycles. The molecular weight excluding hydrogens is 384 g/mol. The number of hydrogen-bond acceptors (Lipinski definition) is 7. The standard InChI is InChI=1S/C22H18N4O2S/c1-27-17-9-10-19(20(12-17)28-2)26(14-16-7-4-3-6-15(16)13-23)22-25-18-8-5-11-24-21(18)29-22/h3-12H,14H2,1-2H3. The Hall–Kier alpha value is -3.63. The number of nitriles is 1. The fourth-order valence-corrected chi connectivity index (χ4v) is 4.00. The van der Waals surface area contributed by atoms with E-state index in [-0.39, 0.29) is 0 Å². The van der Waals surface area contributed by atoms with Crippen LogP contribution in [0.2, 0.25) is 0 Å². The molecule has 0 radical (unpaired) electrons. The van der Waals surface area contributed by atoms with E-state index in [4.69, 9.17) is 14.5 Å². The van der Waals surface area contributed by atoms with Crippen molar-refractivity contribution in [2.75, 3.05) is 19.1 Å². The number of thiazole rings is 1. The van der Waals surface area contributed by atoms with Crippen LogP contribution in [0.1, 0.15) is 11.1 Å². The van der Waals surface area contributed by atoms with Gasteiger partial charge in [-0.2, -0.15) is 5.26 Å². The molecular formula is C22H18N4O2S. The second-order valence-electron chi connectivity index (χ2n) is 6.22. The number of pyridine rings is 1. The van der Waals surface area contributed by atoms with Crippen molar-refractivity contribution in [3.63, 3.8) is 0 Å². The molecule has 7 heteroatoms. The molecule has 0 atom stereocenters. The molecule has 0 saturated carbocycles. The van der Waals surface area contributed by atoms with Crippen molar-refractivity contribution in [3.05, 3.63) is 71.9 Å². The van der Waals surface area contributed by atoms with Crippen LogP contribution in [0, 0.1) is 11.3 Å². The molecule has 0 aliphatic heterocycles. The molecule has 4 aromatic rings. The summed E-state index contributed by atoms with van der Waals surface area (Å²) in [6.45, 7) is 0.465. The third kappa shape index (κ3) is 3.71. The fraction of sp³-hybridized carbons (Fsp3) is 0.136. The monoisotopic (exact) mass is 402 g/mol. The van der Waals surface area contributed by atoms with Crippen LogP contribution in [0.4, 0.5) is 10.8 Å². The van der Waals surface area contributed by atoms with Gasteiger partial charge in [0.1, 0.15) is 21.8 Å². The zero-order valence-electron chi connectivity index (χ0n) is 16.0. The van der Waals surface area contributed by atoms with Crippen molar-refractivity contribution >= 4 is 32.5 Å². The Bertz CT molecular complexity index is 1170. The van der Waals surface area contributed by atoms with Gasteiger partial charge in [-0.1, -0.05) is 29.5 Å². The maximum absolute atomic E-state index is 9.52. The fourth-order valence-electron chi connectivity index (χ4n) is 3.08. The summed E-state index contributed by atoms with van der Waals surface area (Å²) in [4.78, 5) is 12.1. The minimum absolute atomic E-state index is 0.465. The summed E-state index contributed by atoms with van der Waals surface area (Å²) >= 11 is 1.50. The van der Waals surface area contributed by atoms with Gasteiger partial charge in [0.2, 0.25) is 0 Å². The van der Waals surface area contributed by atoms with E-state index in [1.54, 1.807) is 20.4 Å². The van der Waals surface area contributed by atoms with Crippen molar-refractivity contribution in [1.82, 2.24) is 9.97 Å². The van der Waals surface area contributed by atoms with Crippen molar-refractivity contribution in [3.8, 4) is 17.6 Å². The number of anilines is 2. The van der Waals surface area contributed by atoms with Gasteiger partial charge in [-0.15, -0.1) is 0 Å². The summed E-state index contributed by atoms with van der Waals surface area (Å²) in [6, 6.07) is 19.3. The van der Waals surface area contributed by atoms with Gasteiger partial charge < -0.3 is 14.4 Å². The van der Waals surface area contributed by atoms with E-state index >= 15 is 0 Å². The highest BCUT2D eigenvalue weighted by Crippen LogP contribution is 2.40. The third-order valence-electron chi connectivity index (χ3n) is 4.53. The van der Waals surface area contributed by atoms with Crippen molar-refractivity contribution in [2.24, 2.45) is 0 Å². The zero-order valence-corrected chi connectivity index (χ0v) is 16.8. The number of hydrogen-bond donors (Lipinski definition) is 0. The van der Waals surface area contributed by atoms with Crippen LogP contribution in [0.15, 0.2) is 60.8 Å². The summed E-state index contributed by atoms with van der Waals surface area (Å²) in [5.41, 5.74) is 3.20. The molecule has 0 saturated heterocycles. The molecule has 0 fully saturated rings. The van der Waals surface area contributed by atoms with Gasteiger partial charge in [-0.3, -0.25) is 0 Å². The normalized spacial score (nSPS) is 10.5. The van der Waals surface area contributed by atoms with E-state index in [0.717, 1.165) is 26.7 Å². The Labute approximate surface area is 172 Å². The minimum atomic E-state index is 0.465. The maximum Gasteiger partial charge on any atom is 0.192 e. The number of aromatic nitrogens is 2. The van der Waals surface area contributed by atoms with E-state index in [0.29, 0.717) is 23.6 Å².